The van der Waals surface area contributed by atoms with Crippen LogP contribution in [0.2, 0.25) is 0 Å². The van der Waals surface area contributed by atoms with E-state index in [0.717, 1.165) is 51.9 Å². The highest BCUT2D eigenvalue weighted by Gasteiger charge is 2.19. The smallest absolute Gasteiger partial charge is 0.224 e. The number of carbonyl (C=O) groups is 1. The minimum Gasteiger partial charge on any atom is -0.375 e. The van der Waals surface area contributed by atoms with E-state index in [1.165, 1.54) is 5.69 Å². The van der Waals surface area contributed by atoms with E-state index in [0.29, 0.717) is 0 Å². The summed E-state index contributed by atoms with van der Waals surface area (Å²) in [5.41, 5.74) is 1.25. The van der Waals surface area contributed by atoms with Gasteiger partial charge in [0.15, 0.2) is 0 Å². The van der Waals surface area contributed by atoms with Gasteiger partial charge in [-0.15, -0.1) is 24.8 Å². The SMILES string of the molecule is CN(CCCCNC(=O)C1CCCNC1)c1ccccc1.Cl.Cl. The van der Waals surface area contributed by atoms with Crippen molar-refractivity contribution in [2.45, 2.75) is 25.7 Å². The first-order valence-corrected chi connectivity index (χ1v) is 8.02. The molecule has 1 unspecified atom stereocenters. The predicted octanol–water partition coefficient (Wildman–Crippen LogP) is 2.86. The predicted molar refractivity (Wildman–Crippen MR) is 102 cm³/mol. The topological polar surface area (TPSA) is 44.4 Å². The van der Waals surface area contributed by atoms with Crippen molar-refractivity contribution in [3.63, 3.8) is 0 Å². The fraction of sp³-hybridized carbons (Fsp3) is 0.588. The lowest BCUT2D eigenvalue weighted by atomic mass is 9.99. The summed E-state index contributed by atoms with van der Waals surface area (Å²) in [5.74, 6) is 0.393. The highest BCUT2D eigenvalue weighted by atomic mass is 35.5. The Labute approximate surface area is 152 Å². The molecule has 1 aliphatic rings. The van der Waals surface area contributed by atoms with Gasteiger partial charge < -0.3 is 15.5 Å². The number of carbonyl (C=O) groups excluding carboxylic acids is 1. The first-order chi connectivity index (χ1) is 10.3. The molecule has 1 fully saturated rings. The zero-order valence-electron chi connectivity index (χ0n) is 13.8. The van der Waals surface area contributed by atoms with Gasteiger partial charge in [0.2, 0.25) is 5.91 Å². The molecule has 2 rings (SSSR count). The minimum absolute atomic E-state index is 0. The number of benzene rings is 1. The second kappa shape index (κ2) is 12.5. The number of para-hydroxylation sites is 1. The zero-order chi connectivity index (χ0) is 14.9. The standard InChI is InChI=1S/C17H27N3O.2ClH/c1-20(16-9-3-2-4-10-16)13-6-5-12-19-17(21)15-8-7-11-18-14-15;;/h2-4,9-10,15,18H,5-8,11-14H2,1H3,(H,19,21);2*1H. The lowest BCUT2D eigenvalue weighted by molar-refractivity contribution is -0.125. The molecule has 1 aromatic carbocycles. The number of rotatable bonds is 7. The van der Waals surface area contributed by atoms with E-state index in [-0.39, 0.29) is 36.6 Å². The number of unbranched alkanes of at least 4 members (excludes halogenated alkanes) is 1. The van der Waals surface area contributed by atoms with Crippen LogP contribution in [0.4, 0.5) is 5.69 Å². The van der Waals surface area contributed by atoms with Crippen LogP contribution in [0, 0.1) is 5.92 Å². The van der Waals surface area contributed by atoms with E-state index in [4.69, 9.17) is 0 Å². The third-order valence-electron chi connectivity index (χ3n) is 4.08. The first-order valence-electron chi connectivity index (χ1n) is 8.02. The number of amides is 1. The third kappa shape index (κ3) is 7.91. The Hall–Kier alpha value is -0.970. The van der Waals surface area contributed by atoms with Crippen molar-refractivity contribution in [3.8, 4) is 0 Å². The maximum atomic E-state index is 12.0. The van der Waals surface area contributed by atoms with E-state index in [1.807, 2.05) is 6.07 Å². The summed E-state index contributed by atoms with van der Waals surface area (Å²) in [6.07, 6.45) is 4.26. The van der Waals surface area contributed by atoms with Crippen molar-refractivity contribution in [3.05, 3.63) is 30.3 Å². The number of halogens is 2. The zero-order valence-corrected chi connectivity index (χ0v) is 15.4. The fourth-order valence-electron chi connectivity index (χ4n) is 2.72. The van der Waals surface area contributed by atoms with Crippen molar-refractivity contribution in [2.75, 3.05) is 38.1 Å². The molecule has 23 heavy (non-hydrogen) atoms. The van der Waals surface area contributed by atoms with Gasteiger partial charge in [-0.2, -0.15) is 0 Å². The van der Waals surface area contributed by atoms with Crippen molar-refractivity contribution in [1.29, 1.82) is 0 Å². The summed E-state index contributed by atoms with van der Waals surface area (Å²) < 4.78 is 0. The molecular weight excluding hydrogens is 333 g/mol. The number of anilines is 1. The van der Waals surface area contributed by atoms with Gasteiger partial charge in [0.1, 0.15) is 0 Å². The van der Waals surface area contributed by atoms with Gasteiger partial charge in [0.25, 0.3) is 0 Å². The number of piperidine rings is 1. The van der Waals surface area contributed by atoms with Crippen molar-refractivity contribution in [2.24, 2.45) is 5.92 Å². The molecule has 1 atom stereocenters. The molecule has 1 aromatic rings. The Kier molecular flexibility index (Phi) is 11.9. The van der Waals surface area contributed by atoms with Crippen LogP contribution < -0.4 is 15.5 Å². The maximum absolute atomic E-state index is 12.0. The van der Waals surface area contributed by atoms with Gasteiger partial charge in [-0.05, 0) is 44.4 Å². The van der Waals surface area contributed by atoms with E-state index in [9.17, 15) is 4.79 Å². The summed E-state index contributed by atoms with van der Waals surface area (Å²) >= 11 is 0. The molecule has 0 spiro atoms. The molecular formula is C17H29Cl2N3O. The number of hydrogen-bond acceptors (Lipinski definition) is 3. The molecule has 2 N–H and O–H groups in total. The van der Waals surface area contributed by atoms with Crippen molar-refractivity contribution >= 4 is 36.4 Å². The normalized spacial score (nSPS) is 16.7. The van der Waals surface area contributed by atoms with Crippen LogP contribution in [0.25, 0.3) is 0 Å². The minimum atomic E-state index is 0. The Morgan fingerprint density at radius 2 is 2.00 bits per heavy atom. The van der Waals surface area contributed by atoms with Gasteiger partial charge in [-0.25, -0.2) is 0 Å². The molecule has 0 saturated carbocycles. The van der Waals surface area contributed by atoms with E-state index >= 15 is 0 Å². The van der Waals surface area contributed by atoms with Crippen LogP contribution in [0.5, 0.6) is 0 Å². The Morgan fingerprint density at radius 1 is 1.26 bits per heavy atom. The fourth-order valence-corrected chi connectivity index (χ4v) is 2.72. The third-order valence-corrected chi connectivity index (χ3v) is 4.08. The highest BCUT2D eigenvalue weighted by molar-refractivity contribution is 5.85. The van der Waals surface area contributed by atoms with Gasteiger partial charge in [-0.3, -0.25) is 4.79 Å². The van der Waals surface area contributed by atoms with Gasteiger partial charge >= 0.3 is 0 Å². The molecule has 4 nitrogen and oxygen atoms in total. The average Bonchev–Trinajstić information content (AvgIpc) is 2.55. The van der Waals surface area contributed by atoms with Crippen LogP contribution in [0.1, 0.15) is 25.7 Å². The lowest BCUT2D eigenvalue weighted by Gasteiger charge is -2.22. The van der Waals surface area contributed by atoms with Gasteiger partial charge in [0, 0.05) is 32.4 Å². The molecule has 0 aromatic heterocycles. The summed E-state index contributed by atoms with van der Waals surface area (Å²) in [6.45, 7) is 3.70. The summed E-state index contributed by atoms with van der Waals surface area (Å²) in [4.78, 5) is 14.2. The highest BCUT2D eigenvalue weighted by Crippen LogP contribution is 2.12. The number of nitrogens with zero attached hydrogens (tertiary/aromatic N) is 1. The molecule has 1 saturated heterocycles. The van der Waals surface area contributed by atoms with Crippen LogP contribution in [-0.2, 0) is 4.79 Å². The monoisotopic (exact) mass is 361 g/mol. The van der Waals surface area contributed by atoms with E-state index < -0.39 is 0 Å². The summed E-state index contributed by atoms with van der Waals surface area (Å²) in [6, 6.07) is 10.4. The molecule has 0 aliphatic carbocycles. The molecule has 1 amide bonds. The van der Waals surface area contributed by atoms with Crippen LogP contribution >= 0.6 is 24.8 Å². The first kappa shape index (κ1) is 22.0. The van der Waals surface area contributed by atoms with E-state index in [2.05, 4.69) is 46.8 Å². The summed E-state index contributed by atoms with van der Waals surface area (Å²) in [5, 5.41) is 6.35. The van der Waals surface area contributed by atoms with E-state index in [1.54, 1.807) is 0 Å². The Balaban J connectivity index is 0.00000242. The lowest BCUT2D eigenvalue weighted by Crippen LogP contribution is -2.40. The average molecular weight is 362 g/mol. The largest absolute Gasteiger partial charge is 0.375 e. The van der Waals surface area contributed by atoms with Gasteiger partial charge in [0.05, 0.1) is 5.92 Å². The Bertz CT molecular complexity index is 425. The number of nitrogens with one attached hydrogen (secondary N) is 2. The molecule has 1 heterocycles. The van der Waals surface area contributed by atoms with Crippen LogP contribution in [0.15, 0.2) is 30.3 Å². The second-order valence-corrected chi connectivity index (χ2v) is 5.80. The van der Waals surface area contributed by atoms with Crippen LogP contribution in [0.3, 0.4) is 0 Å². The summed E-state index contributed by atoms with van der Waals surface area (Å²) in [7, 11) is 2.11. The Morgan fingerprint density at radius 3 is 2.65 bits per heavy atom. The molecule has 0 radical (unpaired) electrons. The second-order valence-electron chi connectivity index (χ2n) is 5.80. The van der Waals surface area contributed by atoms with Crippen molar-refractivity contribution in [1.82, 2.24) is 10.6 Å². The maximum Gasteiger partial charge on any atom is 0.224 e. The van der Waals surface area contributed by atoms with Crippen molar-refractivity contribution < 1.29 is 4.79 Å². The molecule has 1 aliphatic heterocycles. The molecule has 6 heteroatoms. The number of hydrogen-bond donors (Lipinski definition) is 2. The molecule has 132 valence electrons. The van der Waals surface area contributed by atoms with Gasteiger partial charge in [-0.1, -0.05) is 18.2 Å². The molecule has 0 bridgehead atoms. The van der Waals surface area contributed by atoms with Crippen LogP contribution in [-0.4, -0.2) is 39.1 Å². The quantitative estimate of drug-likeness (QED) is 0.733.